The summed E-state index contributed by atoms with van der Waals surface area (Å²) in [5.74, 6) is 0.802. The molecule has 0 unspecified atom stereocenters. The summed E-state index contributed by atoms with van der Waals surface area (Å²) in [7, 11) is 1.35. The fourth-order valence-electron chi connectivity index (χ4n) is 2.12. The Balaban J connectivity index is 2.38. The van der Waals surface area contributed by atoms with Gasteiger partial charge in [0, 0.05) is 14.2 Å². The van der Waals surface area contributed by atoms with Crippen LogP contribution in [0.2, 0.25) is 0 Å². The van der Waals surface area contributed by atoms with Crippen molar-refractivity contribution in [3.8, 4) is 16.9 Å². The predicted molar refractivity (Wildman–Crippen MR) is 83.8 cm³/mol. The van der Waals surface area contributed by atoms with Crippen molar-refractivity contribution in [1.29, 1.82) is 0 Å². The second-order valence-electron chi connectivity index (χ2n) is 4.52. The first-order valence-corrected chi connectivity index (χ1v) is 8.27. The van der Waals surface area contributed by atoms with Crippen molar-refractivity contribution in [2.24, 2.45) is 0 Å². The quantitative estimate of drug-likeness (QED) is 0.744. The largest absolute Gasteiger partial charge is 0.497 e. The lowest BCUT2D eigenvalue weighted by Gasteiger charge is -2.16. The fourth-order valence-corrected chi connectivity index (χ4v) is 3.22. The highest BCUT2D eigenvalue weighted by molar-refractivity contribution is 7.52. The number of hydrogen-bond acceptors (Lipinski definition) is 4. The Labute approximate surface area is 125 Å². The Morgan fingerprint density at radius 1 is 0.905 bits per heavy atom. The summed E-state index contributed by atoms with van der Waals surface area (Å²) in [6, 6.07) is 15.5. The molecule has 0 aliphatic carbocycles. The molecular formula is C16H19O4P. The Kier molecular flexibility index (Phi) is 5.18. The molecule has 0 bridgehead atoms. The zero-order valence-corrected chi connectivity index (χ0v) is 13.3. The first-order chi connectivity index (χ1) is 10.1. The van der Waals surface area contributed by atoms with Crippen LogP contribution in [0.1, 0.15) is 5.56 Å². The van der Waals surface area contributed by atoms with Crippen molar-refractivity contribution in [2.75, 3.05) is 21.3 Å². The number of benzene rings is 2. The molecule has 0 fully saturated rings. The van der Waals surface area contributed by atoms with Crippen LogP contribution < -0.4 is 4.74 Å². The molecule has 0 aliphatic rings. The topological polar surface area (TPSA) is 44.8 Å². The number of ether oxygens (including phenoxy) is 1. The Morgan fingerprint density at radius 2 is 1.52 bits per heavy atom. The first-order valence-electron chi connectivity index (χ1n) is 6.55. The molecule has 0 saturated heterocycles. The Morgan fingerprint density at radius 3 is 2.10 bits per heavy atom. The van der Waals surface area contributed by atoms with E-state index in [0.717, 1.165) is 22.4 Å². The van der Waals surface area contributed by atoms with Crippen LogP contribution in [-0.4, -0.2) is 21.3 Å². The van der Waals surface area contributed by atoms with E-state index in [2.05, 4.69) is 0 Å². The van der Waals surface area contributed by atoms with Crippen molar-refractivity contribution < 1.29 is 18.3 Å². The summed E-state index contributed by atoms with van der Waals surface area (Å²) >= 11 is 0. The van der Waals surface area contributed by atoms with Crippen LogP contribution in [0.3, 0.4) is 0 Å². The lowest BCUT2D eigenvalue weighted by atomic mass is 10.0. The second-order valence-corrected chi connectivity index (χ2v) is 6.79. The van der Waals surface area contributed by atoms with E-state index < -0.39 is 7.60 Å². The second kappa shape index (κ2) is 6.90. The van der Waals surface area contributed by atoms with Gasteiger partial charge in [-0.25, -0.2) is 0 Å². The van der Waals surface area contributed by atoms with Gasteiger partial charge in [-0.15, -0.1) is 0 Å². The smallest absolute Gasteiger partial charge is 0.334 e. The highest BCUT2D eigenvalue weighted by Gasteiger charge is 2.23. The lowest BCUT2D eigenvalue weighted by Crippen LogP contribution is -1.96. The third kappa shape index (κ3) is 3.73. The van der Waals surface area contributed by atoms with E-state index in [9.17, 15) is 4.57 Å². The standard InChI is InChI=1S/C16H19O4P/c1-18-15-10-8-13(9-11-15)16-7-5-4-6-14(16)12-21(17,19-2)20-3/h4-11H,12H2,1-3H3. The van der Waals surface area contributed by atoms with Crippen LogP contribution in [0.5, 0.6) is 5.75 Å². The number of hydrogen-bond donors (Lipinski definition) is 0. The molecule has 2 aromatic rings. The van der Waals surface area contributed by atoms with Crippen molar-refractivity contribution >= 4 is 7.60 Å². The maximum atomic E-state index is 12.3. The zero-order chi connectivity index (χ0) is 15.3. The molecule has 2 aromatic carbocycles. The van der Waals surface area contributed by atoms with Crippen LogP contribution in [-0.2, 0) is 19.8 Å². The Hall–Kier alpha value is -1.61. The average Bonchev–Trinajstić information content (AvgIpc) is 2.55. The third-order valence-corrected chi connectivity index (χ3v) is 5.18. The molecule has 112 valence electrons. The molecule has 2 rings (SSSR count). The van der Waals surface area contributed by atoms with Gasteiger partial charge < -0.3 is 13.8 Å². The van der Waals surface area contributed by atoms with Crippen molar-refractivity contribution in [3.63, 3.8) is 0 Å². The summed E-state index contributed by atoms with van der Waals surface area (Å²) in [6.45, 7) is 0. The number of rotatable bonds is 6. The van der Waals surface area contributed by atoms with Gasteiger partial charge in [-0.05, 0) is 28.8 Å². The molecule has 5 heteroatoms. The van der Waals surface area contributed by atoms with E-state index in [-0.39, 0.29) is 6.16 Å². The van der Waals surface area contributed by atoms with E-state index in [1.807, 2.05) is 48.5 Å². The summed E-state index contributed by atoms with van der Waals surface area (Å²) in [5.41, 5.74) is 2.97. The third-order valence-electron chi connectivity index (χ3n) is 3.34. The van der Waals surface area contributed by atoms with E-state index >= 15 is 0 Å². The van der Waals surface area contributed by atoms with Gasteiger partial charge in [0.05, 0.1) is 13.3 Å². The molecule has 0 saturated carbocycles. The maximum Gasteiger partial charge on any atom is 0.334 e. The predicted octanol–water partition coefficient (Wildman–Crippen LogP) is 4.35. The summed E-state index contributed by atoms with van der Waals surface area (Å²) < 4.78 is 27.6. The molecule has 0 amide bonds. The van der Waals surface area contributed by atoms with E-state index in [1.165, 1.54) is 14.2 Å². The molecule has 0 aliphatic heterocycles. The van der Waals surface area contributed by atoms with Crippen LogP contribution in [0, 0.1) is 0 Å². The van der Waals surface area contributed by atoms with Gasteiger partial charge >= 0.3 is 7.60 Å². The van der Waals surface area contributed by atoms with Gasteiger partial charge in [-0.2, -0.15) is 0 Å². The van der Waals surface area contributed by atoms with Gasteiger partial charge in [0.15, 0.2) is 0 Å². The minimum atomic E-state index is -3.09. The normalized spacial score (nSPS) is 11.4. The molecule has 0 spiro atoms. The van der Waals surface area contributed by atoms with Crippen LogP contribution >= 0.6 is 7.60 Å². The molecule has 0 aromatic heterocycles. The average molecular weight is 306 g/mol. The molecule has 0 atom stereocenters. The molecule has 0 N–H and O–H groups in total. The first kappa shape index (κ1) is 15.8. The fraction of sp³-hybridized carbons (Fsp3) is 0.250. The van der Waals surface area contributed by atoms with Crippen LogP contribution in [0.25, 0.3) is 11.1 Å². The van der Waals surface area contributed by atoms with Crippen molar-refractivity contribution in [3.05, 3.63) is 54.1 Å². The molecule has 0 heterocycles. The summed E-state index contributed by atoms with van der Waals surface area (Å²) in [5, 5.41) is 0. The van der Waals surface area contributed by atoms with Crippen LogP contribution in [0.15, 0.2) is 48.5 Å². The van der Waals surface area contributed by atoms with Crippen molar-refractivity contribution in [1.82, 2.24) is 0 Å². The van der Waals surface area contributed by atoms with Gasteiger partial charge in [0.2, 0.25) is 0 Å². The van der Waals surface area contributed by atoms with Crippen LogP contribution in [0.4, 0.5) is 0 Å². The number of methoxy groups -OCH3 is 1. The molecule has 21 heavy (non-hydrogen) atoms. The monoisotopic (exact) mass is 306 g/mol. The van der Waals surface area contributed by atoms with Gasteiger partial charge in [-0.1, -0.05) is 36.4 Å². The highest BCUT2D eigenvalue weighted by atomic mass is 31.2. The minimum absolute atomic E-state index is 0.238. The zero-order valence-electron chi connectivity index (χ0n) is 12.4. The lowest BCUT2D eigenvalue weighted by molar-refractivity contribution is 0.275. The minimum Gasteiger partial charge on any atom is -0.497 e. The van der Waals surface area contributed by atoms with E-state index in [4.69, 9.17) is 13.8 Å². The Bertz CT molecular complexity index is 629. The summed E-state index contributed by atoms with van der Waals surface area (Å²) in [4.78, 5) is 0. The van der Waals surface area contributed by atoms with E-state index in [1.54, 1.807) is 7.11 Å². The van der Waals surface area contributed by atoms with Crippen molar-refractivity contribution in [2.45, 2.75) is 6.16 Å². The summed E-state index contributed by atoms with van der Waals surface area (Å²) in [6.07, 6.45) is 0.238. The molecule has 4 nitrogen and oxygen atoms in total. The van der Waals surface area contributed by atoms with Gasteiger partial charge in [0.1, 0.15) is 5.75 Å². The van der Waals surface area contributed by atoms with E-state index in [0.29, 0.717) is 0 Å². The van der Waals surface area contributed by atoms with Gasteiger partial charge in [0.25, 0.3) is 0 Å². The van der Waals surface area contributed by atoms with Gasteiger partial charge in [-0.3, -0.25) is 4.57 Å². The maximum absolute atomic E-state index is 12.3. The highest BCUT2D eigenvalue weighted by Crippen LogP contribution is 2.50. The SMILES string of the molecule is COc1ccc(-c2ccccc2CP(=O)(OC)OC)cc1. The molecular weight excluding hydrogens is 287 g/mol. The molecule has 0 radical (unpaired) electrons.